The molecule has 0 atom stereocenters. The van der Waals surface area contributed by atoms with Gasteiger partial charge >= 0.3 is 0 Å². The highest BCUT2D eigenvalue weighted by atomic mass is 14.7. The zero-order valence-corrected chi connectivity index (χ0v) is 6.12. The highest BCUT2D eigenvalue weighted by Crippen LogP contribution is 2.09. The minimum Gasteiger partial charge on any atom is -0.252 e. The van der Waals surface area contributed by atoms with E-state index in [-0.39, 0.29) is 5.54 Å². The van der Waals surface area contributed by atoms with Crippen molar-refractivity contribution in [3.63, 3.8) is 0 Å². The number of hydrogen-bond donors (Lipinski definition) is 0. The molecule has 0 saturated heterocycles. The van der Waals surface area contributed by atoms with Crippen LogP contribution in [0.3, 0.4) is 0 Å². The highest BCUT2D eigenvalue weighted by Gasteiger charge is 2.08. The fraction of sp³-hybridized carbons (Fsp3) is 1.00. The van der Waals surface area contributed by atoms with Gasteiger partial charge in [-0.2, -0.15) is 0 Å². The minimum absolute atomic E-state index is 0.198. The molecule has 0 aromatic heterocycles. The molecule has 0 bridgehead atoms. The SMILES string of the molecule is CCCCC(C)(C)[NH]. The van der Waals surface area contributed by atoms with Gasteiger partial charge in [0.25, 0.3) is 0 Å². The van der Waals surface area contributed by atoms with Crippen molar-refractivity contribution in [2.45, 2.75) is 45.6 Å². The van der Waals surface area contributed by atoms with Gasteiger partial charge in [0.2, 0.25) is 0 Å². The molecular weight excluding hydrogens is 98.1 g/mol. The van der Waals surface area contributed by atoms with Crippen molar-refractivity contribution < 1.29 is 0 Å². The average Bonchev–Trinajstić information content (AvgIpc) is 1.59. The summed E-state index contributed by atoms with van der Waals surface area (Å²) in [5, 5.41) is 0. The van der Waals surface area contributed by atoms with Crippen LogP contribution in [0.4, 0.5) is 0 Å². The normalized spacial score (nSPS) is 12.0. The molecule has 0 heterocycles. The van der Waals surface area contributed by atoms with Crippen LogP contribution in [0.25, 0.3) is 0 Å². The number of unbranched alkanes of at least 4 members (excludes halogenated alkanes) is 1. The zero-order chi connectivity index (χ0) is 6.62. The van der Waals surface area contributed by atoms with Crippen LogP contribution in [0.2, 0.25) is 0 Å². The van der Waals surface area contributed by atoms with Crippen molar-refractivity contribution in [2.24, 2.45) is 0 Å². The molecule has 0 amide bonds. The molecule has 1 radical (unpaired) electrons. The van der Waals surface area contributed by atoms with E-state index in [0.29, 0.717) is 0 Å². The Morgan fingerprint density at radius 2 is 1.88 bits per heavy atom. The van der Waals surface area contributed by atoms with Crippen LogP contribution >= 0.6 is 0 Å². The number of nitrogens with one attached hydrogen (secondary N) is 1. The Labute approximate surface area is 52.3 Å². The van der Waals surface area contributed by atoms with E-state index in [1.54, 1.807) is 0 Å². The van der Waals surface area contributed by atoms with Gasteiger partial charge in [-0.1, -0.05) is 19.8 Å². The molecule has 8 heavy (non-hydrogen) atoms. The van der Waals surface area contributed by atoms with Crippen molar-refractivity contribution in [1.82, 2.24) is 5.73 Å². The van der Waals surface area contributed by atoms with Gasteiger partial charge in [-0.25, -0.2) is 0 Å². The second kappa shape index (κ2) is 3.08. The molecule has 1 nitrogen and oxygen atoms in total. The molecule has 1 heteroatoms. The van der Waals surface area contributed by atoms with Crippen molar-refractivity contribution in [3.05, 3.63) is 0 Å². The van der Waals surface area contributed by atoms with E-state index in [1.807, 2.05) is 13.8 Å². The average molecular weight is 114 g/mol. The molecule has 0 aliphatic heterocycles. The molecule has 0 unspecified atom stereocenters. The van der Waals surface area contributed by atoms with Crippen LogP contribution in [0.15, 0.2) is 0 Å². The van der Waals surface area contributed by atoms with Gasteiger partial charge < -0.3 is 0 Å². The van der Waals surface area contributed by atoms with E-state index >= 15 is 0 Å². The maximum absolute atomic E-state index is 7.44. The van der Waals surface area contributed by atoms with E-state index < -0.39 is 0 Å². The van der Waals surface area contributed by atoms with Crippen LogP contribution in [-0.4, -0.2) is 5.54 Å². The second-order valence-corrected chi connectivity index (χ2v) is 2.99. The summed E-state index contributed by atoms with van der Waals surface area (Å²) >= 11 is 0. The predicted octanol–water partition coefficient (Wildman–Crippen LogP) is 2.24. The van der Waals surface area contributed by atoms with Crippen molar-refractivity contribution in [2.75, 3.05) is 0 Å². The van der Waals surface area contributed by atoms with Crippen molar-refractivity contribution in [1.29, 1.82) is 0 Å². The summed E-state index contributed by atoms with van der Waals surface area (Å²) in [6.07, 6.45) is 3.43. The van der Waals surface area contributed by atoms with Crippen LogP contribution in [0.5, 0.6) is 0 Å². The van der Waals surface area contributed by atoms with Gasteiger partial charge in [0.15, 0.2) is 0 Å². The third-order valence-electron chi connectivity index (χ3n) is 1.16. The maximum Gasteiger partial charge on any atom is 0.0267 e. The summed E-state index contributed by atoms with van der Waals surface area (Å²) in [5.41, 5.74) is 7.24. The Hall–Kier alpha value is -0.0400. The lowest BCUT2D eigenvalue weighted by Gasteiger charge is -2.15. The van der Waals surface area contributed by atoms with Gasteiger partial charge in [0, 0.05) is 5.54 Å². The molecular formula is C7H16N. The smallest absolute Gasteiger partial charge is 0.0267 e. The van der Waals surface area contributed by atoms with Crippen LogP contribution in [0, 0.1) is 0 Å². The first-order chi connectivity index (χ1) is 3.56. The third-order valence-corrected chi connectivity index (χ3v) is 1.16. The Balaban J connectivity index is 3.11. The molecule has 0 aliphatic rings. The molecule has 0 aromatic rings. The summed E-state index contributed by atoms with van der Waals surface area (Å²) < 4.78 is 0. The fourth-order valence-corrected chi connectivity index (χ4v) is 0.619. The summed E-state index contributed by atoms with van der Waals surface area (Å²) in [6, 6.07) is 0. The Morgan fingerprint density at radius 3 is 2.00 bits per heavy atom. The van der Waals surface area contributed by atoms with Gasteiger partial charge in [-0.05, 0) is 20.3 Å². The Morgan fingerprint density at radius 1 is 1.38 bits per heavy atom. The standard InChI is InChI=1S/C7H16N/c1-4-5-6-7(2,3)8/h8H,4-6H2,1-3H3. The minimum atomic E-state index is -0.198. The predicted molar refractivity (Wildman–Crippen MR) is 36.7 cm³/mol. The molecule has 0 saturated carbocycles. The molecule has 0 spiro atoms. The summed E-state index contributed by atoms with van der Waals surface area (Å²) in [4.78, 5) is 0. The first-order valence-electron chi connectivity index (χ1n) is 3.31. The monoisotopic (exact) mass is 114 g/mol. The highest BCUT2D eigenvalue weighted by molar-refractivity contribution is 4.69. The van der Waals surface area contributed by atoms with Gasteiger partial charge in [-0.3, -0.25) is 5.73 Å². The van der Waals surface area contributed by atoms with Crippen molar-refractivity contribution in [3.8, 4) is 0 Å². The topological polar surface area (TPSA) is 23.8 Å². The first kappa shape index (κ1) is 7.96. The summed E-state index contributed by atoms with van der Waals surface area (Å²) in [7, 11) is 0. The Bertz CT molecular complexity index is 51.9. The van der Waals surface area contributed by atoms with Gasteiger partial charge in [0.05, 0.1) is 0 Å². The molecule has 0 fully saturated rings. The van der Waals surface area contributed by atoms with Crippen LogP contribution in [-0.2, 0) is 0 Å². The van der Waals surface area contributed by atoms with E-state index in [0.717, 1.165) is 6.42 Å². The number of rotatable bonds is 3. The second-order valence-electron chi connectivity index (χ2n) is 2.99. The van der Waals surface area contributed by atoms with Gasteiger partial charge in [-0.15, -0.1) is 0 Å². The summed E-state index contributed by atoms with van der Waals surface area (Å²) in [5.74, 6) is 0. The fourth-order valence-electron chi connectivity index (χ4n) is 0.619. The molecule has 1 N–H and O–H groups in total. The number of hydrogen-bond acceptors (Lipinski definition) is 0. The van der Waals surface area contributed by atoms with E-state index in [1.165, 1.54) is 12.8 Å². The lowest BCUT2D eigenvalue weighted by molar-refractivity contribution is 0.441. The lowest BCUT2D eigenvalue weighted by atomic mass is 9.99. The maximum atomic E-state index is 7.44. The lowest BCUT2D eigenvalue weighted by Crippen LogP contribution is -2.20. The molecule has 0 rings (SSSR count). The summed E-state index contributed by atoms with van der Waals surface area (Å²) in [6.45, 7) is 6.08. The van der Waals surface area contributed by atoms with Crippen LogP contribution < -0.4 is 5.73 Å². The van der Waals surface area contributed by atoms with Crippen LogP contribution in [0.1, 0.15) is 40.0 Å². The molecule has 0 aliphatic carbocycles. The first-order valence-corrected chi connectivity index (χ1v) is 3.31. The molecule has 49 valence electrons. The largest absolute Gasteiger partial charge is 0.252 e. The zero-order valence-electron chi connectivity index (χ0n) is 6.12. The van der Waals surface area contributed by atoms with E-state index in [9.17, 15) is 0 Å². The quantitative estimate of drug-likeness (QED) is 0.537. The molecule has 0 aromatic carbocycles. The van der Waals surface area contributed by atoms with Gasteiger partial charge in [0.1, 0.15) is 0 Å². The van der Waals surface area contributed by atoms with E-state index in [4.69, 9.17) is 5.73 Å². The third kappa shape index (κ3) is 5.96. The Kier molecular flexibility index (Phi) is 3.06. The van der Waals surface area contributed by atoms with E-state index in [2.05, 4.69) is 6.92 Å². The van der Waals surface area contributed by atoms with Crippen molar-refractivity contribution >= 4 is 0 Å².